The minimum atomic E-state index is 0.666. The van der Waals surface area contributed by atoms with Gasteiger partial charge in [0.15, 0.2) is 0 Å². The van der Waals surface area contributed by atoms with Crippen LogP contribution in [0.3, 0.4) is 0 Å². The van der Waals surface area contributed by atoms with Gasteiger partial charge in [0, 0.05) is 36.5 Å². The van der Waals surface area contributed by atoms with E-state index in [4.69, 9.17) is 4.42 Å². The summed E-state index contributed by atoms with van der Waals surface area (Å²) < 4.78 is 8.62. The average Bonchev–Trinajstić information content (AvgIpc) is 3.59. The maximum absolute atomic E-state index is 10.0. The van der Waals surface area contributed by atoms with Crippen molar-refractivity contribution in [1.82, 2.24) is 0 Å². The molecule has 0 amide bonds. The summed E-state index contributed by atoms with van der Waals surface area (Å²) in [6, 6.07) is 46.7. The number of nitrogens with zero attached hydrogens (tertiary/aromatic N) is 1. The number of hydrogen-bond donors (Lipinski definition) is 0. The first-order valence-corrected chi connectivity index (χ1v) is 14.1. The van der Waals surface area contributed by atoms with Crippen LogP contribution >= 0.6 is 11.3 Å². The van der Waals surface area contributed by atoms with E-state index in [1.807, 2.05) is 47.7 Å². The third kappa shape index (κ3) is 3.48. The molecule has 0 bridgehead atoms. The fraction of sp³-hybridized carbons (Fsp3) is 0. The zero-order valence-corrected chi connectivity index (χ0v) is 22.2. The van der Waals surface area contributed by atoms with Gasteiger partial charge in [-0.25, -0.2) is 0 Å². The number of benzene rings is 6. The van der Waals surface area contributed by atoms with Gasteiger partial charge >= 0.3 is 0 Å². The summed E-state index contributed by atoms with van der Waals surface area (Å²) in [5.74, 6) is 0. The predicted molar refractivity (Wildman–Crippen MR) is 168 cm³/mol. The molecule has 0 unspecified atom stereocenters. The number of para-hydroxylation sites is 1. The highest BCUT2D eigenvalue weighted by Crippen LogP contribution is 2.44. The van der Waals surface area contributed by atoms with E-state index in [0.29, 0.717) is 5.56 Å². The molecule has 0 saturated heterocycles. The molecule has 0 aliphatic rings. The summed E-state index contributed by atoms with van der Waals surface area (Å²) in [7, 11) is 0. The first-order chi connectivity index (χ1) is 19.8. The molecule has 0 atom stereocenters. The van der Waals surface area contributed by atoms with Crippen LogP contribution in [0, 0.1) is 11.3 Å². The molecule has 40 heavy (non-hydrogen) atoms. The SMILES string of the molecule is N#Cc1ccccc1-c1cc(-c2ccc3oc4ccccc4c3c2)ccc1-c1cccc2sc3ccccc3c12. The van der Waals surface area contributed by atoms with Gasteiger partial charge in [0.25, 0.3) is 0 Å². The van der Waals surface area contributed by atoms with E-state index in [1.54, 1.807) is 0 Å². The van der Waals surface area contributed by atoms with E-state index in [-0.39, 0.29) is 0 Å². The lowest BCUT2D eigenvalue weighted by atomic mass is 9.87. The molecule has 6 aromatic carbocycles. The zero-order valence-electron chi connectivity index (χ0n) is 21.4. The molecule has 2 heterocycles. The Balaban J connectivity index is 1.40. The standard InChI is InChI=1S/C37H21NOS/c38-22-25-8-1-2-9-26(25)31-20-23(24-17-19-34-32(21-24)28-10-3-5-13-33(28)39-34)16-18-27(31)29-12-7-15-36-37(29)30-11-4-6-14-35(30)40-36/h1-21H. The zero-order chi connectivity index (χ0) is 26.6. The second-order valence-electron chi connectivity index (χ2n) is 10.0. The van der Waals surface area contributed by atoms with Crippen LogP contribution in [-0.2, 0) is 0 Å². The van der Waals surface area contributed by atoms with E-state index in [1.165, 1.54) is 25.7 Å². The summed E-state index contributed by atoms with van der Waals surface area (Å²) in [5, 5.41) is 14.8. The molecule has 0 N–H and O–H groups in total. The van der Waals surface area contributed by atoms with Crippen LogP contribution in [0.4, 0.5) is 0 Å². The van der Waals surface area contributed by atoms with Crippen LogP contribution in [0.1, 0.15) is 5.56 Å². The minimum Gasteiger partial charge on any atom is -0.456 e. The summed E-state index contributed by atoms with van der Waals surface area (Å²) in [5.41, 5.74) is 8.94. The van der Waals surface area contributed by atoms with E-state index in [0.717, 1.165) is 49.8 Å². The molecule has 0 aliphatic heterocycles. The lowest BCUT2D eigenvalue weighted by molar-refractivity contribution is 0.669. The fourth-order valence-electron chi connectivity index (χ4n) is 5.90. The van der Waals surface area contributed by atoms with Crippen molar-refractivity contribution in [1.29, 1.82) is 5.26 Å². The lowest BCUT2D eigenvalue weighted by Gasteiger charge is -2.15. The molecule has 0 aliphatic carbocycles. The topological polar surface area (TPSA) is 36.9 Å². The number of rotatable bonds is 3. The second-order valence-corrected chi connectivity index (χ2v) is 11.1. The van der Waals surface area contributed by atoms with Crippen molar-refractivity contribution in [2.45, 2.75) is 0 Å². The Hall–Kier alpha value is -5.17. The first-order valence-electron chi connectivity index (χ1n) is 13.2. The van der Waals surface area contributed by atoms with Crippen molar-refractivity contribution in [3.8, 4) is 39.4 Å². The van der Waals surface area contributed by atoms with Gasteiger partial charge in [-0.2, -0.15) is 5.26 Å². The number of fused-ring (bicyclic) bond motifs is 6. The Labute approximate surface area is 235 Å². The van der Waals surface area contributed by atoms with Gasteiger partial charge in [-0.3, -0.25) is 0 Å². The van der Waals surface area contributed by atoms with Gasteiger partial charge in [-0.05, 0) is 70.3 Å². The smallest absolute Gasteiger partial charge is 0.135 e. The Morgan fingerprint density at radius 1 is 0.500 bits per heavy atom. The molecule has 0 fully saturated rings. The number of furan rings is 1. The van der Waals surface area contributed by atoms with Crippen LogP contribution in [0.15, 0.2) is 132 Å². The number of thiophene rings is 1. The number of hydrogen-bond acceptors (Lipinski definition) is 3. The van der Waals surface area contributed by atoms with Gasteiger partial charge in [0.1, 0.15) is 11.2 Å². The van der Waals surface area contributed by atoms with Gasteiger partial charge in [0.2, 0.25) is 0 Å². The maximum atomic E-state index is 10.0. The lowest BCUT2D eigenvalue weighted by Crippen LogP contribution is -1.91. The third-order valence-corrected chi connectivity index (χ3v) is 8.90. The van der Waals surface area contributed by atoms with E-state index in [9.17, 15) is 5.26 Å². The van der Waals surface area contributed by atoms with Crippen molar-refractivity contribution >= 4 is 53.4 Å². The van der Waals surface area contributed by atoms with Crippen LogP contribution in [0.25, 0.3) is 75.5 Å². The van der Waals surface area contributed by atoms with E-state index < -0.39 is 0 Å². The van der Waals surface area contributed by atoms with Crippen molar-refractivity contribution in [2.24, 2.45) is 0 Å². The van der Waals surface area contributed by atoms with E-state index >= 15 is 0 Å². The maximum Gasteiger partial charge on any atom is 0.135 e. The van der Waals surface area contributed by atoms with Crippen molar-refractivity contribution in [3.05, 3.63) is 133 Å². The molecular weight excluding hydrogens is 506 g/mol. The van der Waals surface area contributed by atoms with Crippen molar-refractivity contribution in [3.63, 3.8) is 0 Å². The molecule has 0 radical (unpaired) electrons. The summed E-state index contributed by atoms with van der Waals surface area (Å²) >= 11 is 1.82. The Bertz CT molecular complexity index is 2300. The van der Waals surface area contributed by atoms with Crippen molar-refractivity contribution < 1.29 is 4.42 Å². The van der Waals surface area contributed by atoms with Gasteiger partial charge < -0.3 is 4.42 Å². The third-order valence-electron chi connectivity index (χ3n) is 7.76. The molecule has 2 aromatic heterocycles. The highest BCUT2D eigenvalue weighted by atomic mass is 32.1. The largest absolute Gasteiger partial charge is 0.456 e. The molecule has 8 rings (SSSR count). The van der Waals surface area contributed by atoms with E-state index in [2.05, 4.69) is 97.1 Å². The van der Waals surface area contributed by atoms with Gasteiger partial charge in [-0.1, -0.05) is 84.9 Å². The summed E-state index contributed by atoms with van der Waals surface area (Å²) in [6.07, 6.45) is 0. The molecule has 2 nitrogen and oxygen atoms in total. The van der Waals surface area contributed by atoms with Crippen LogP contribution in [0.2, 0.25) is 0 Å². The molecule has 186 valence electrons. The Kier molecular flexibility index (Phi) is 5.10. The molecule has 3 heteroatoms. The normalized spacial score (nSPS) is 11.5. The molecule has 8 aromatic rings. The monoisotopic (exact) mass is 527 g/mol. The summed E-state index contributed by atoms with van der Waals surface area (Å²) in [4.78, 5) is 0. The second kappa shape index (κ2) is 8.95. The van der Waals surface area contributed by atoms with Gasteiger partial charge in [0.05, 0.1) is 11.6 Å². The Morgan fingerprint density at radius 3 is 2.12 bits per heavy atom. The molecule has 0 spiro atoms. The molecule has 0 saturated carbocycles. The Morgan fingerprint density at radius 2 is 1.20 bits per heavy atom. The predicted octanol–water partition coefficient (Wildman–Crippen LogP) is 10.8. The highest BCUT2D eigenvalue weighted by molar-refractivity contribution is 7.25. The van der Waals surface area contributed by atoms with Crippen LogP contribution in [-0.4, -0.2) is 0 Å². The van der Waals surface area contributed by atoms with Crippen LogP contribution < -0.4 is 0 Å². The number of nitriles is 1. The highest BCUT2D eigenvalue weighted by Gasteiger charge is 2.17. The van der Waals surface area contributed by atoms with Crippen LogP contribution in [0.5, 0.6) is 0 Å². The van der Waals surface area contributed by atoms with Gasteiger partial charge in [-0.15, -0.1) is 11.3 Å². The first kappa shape index (κ1) is 22.8. The van der Waals surface area contributed by atoms with Crippen molar-refractivity contribution in [2.75, 3.05) is 0 Å². The summed E-state index contributed by atoms with van der Waals surface area (Å²) in [6.45, 7) is 0. The fourth-order valence-corrected chi connectivity index (χ4v) is 7.03. The average molecular weight is 528 g/mol. The minimum absolute atomic E-state index is 0.666. The molecular formula is C37H21NOS. The quantitative estimate of drug-likeness (QED) is 0.229.